The molecule has 5 fully saturated rings. The number of hydrogen-bond donors (Lipinski definition) is 2. The molecule has 6 unspecified atom stereocenters. The quantitative estimate of drug-likeness (QED) is 0.734. The third kappa shape index (κ3) is 2.10. The normalized spacial score (nSPS) is 45.1. The van der Waals surface area contributed by atoms with Crippen LogP contribution in [0.1, 0.15) is 56.1 Å². The minimum Gasteiger partial charge on any atom is -0.353 e. The molecule has 1 amide bonds. The van der Waals surface area contributed by atoms with E-state index in [-0.39, 0.29) is 16.2 Å². The Morgan fingerprint density at radius 2 is 1.56 bits per heavy atom. The highest BCUT2D eigenvalue weighted by Gasteiger charge is 2.97. The van der Waals surface area contributed by atoms with E-state index in [1.807, 2.05) is 0 Å². The molecule has 3 N–H and O–H groups in total. The number of carbonyl (C=O) groups excluding carboxylic acids is 1. The van der Waals surface area contributed by atoms with Gasteiger partial charge in [-0.3, -0.25) is 4.79 Å². The second kappa shape index (κ2) is 6.47. The molecule has 5 aliphatic carbocycles. The second-order valence-corrected chi connectivity index (χ2v) is 11.6. The molecule has 0 aromatic heterocycles. The number of nitrogens with two attached hydrogens (primary N) is 1. The highest BCUT2D eigenvalue weighted by atomic mass is 16.2. The molecule has 2 aromatic rings. The maximum absolute atomic E-state index is 13.8. The van der Waals surface area contributed by atoms with Crippen molar-refractivity contribution < 1.29 is 4.79 Å². The van der Waals surface area contributed by atoms with Crippen LogP contribution >= 0.6 is 0 Å². The van der Waals surface area contributed by atoms with Gasteiger partial charge in [0, 0.05) is 22.9 Å². The minimum absolute atomic E-state index is 0.108. The summed E-state index contributed by atoms with van der Waals surface area (Å²) in [6, 6.07) is 22.8. The van der Waals surface area contributed by atoms with Gasteiger partial charge in [0.2, 0.25) is 5.91 Å². The van der Waals surface area contributed by atoms with E-state index in [9.17, 15) is 4.79 Å². The Morgan fingerprint density at radius 3 is 2.25 bits per heavy atom. The molecule has 0 bridgehead atoms. The maximum Gasteiger partial charge on any atom is 0.227 e. The first kappa shape index (κ1) is 19.3. The van der Waals surface area contributed by atoms with Crippen LogP contribution in [0, 0.1) is 28.6 Å². The van der Waals surface area contributed by atoms with Crippen LogP contribution in [-0.2, 0) is 16.6 Å². The lowest BCUT2D eigenvalue weighted by Gasteiger charge is -2.97. The zero-order chi connectivity index (χ0) is 21.6. The van der Waals surface area contributed by atoms with Crippen molar-refractivity contribution in [2.75, 3.05) is 0 Å². The number of benzene rings is 2. The Balaban J connectivity index is 1.17. The topological polar surface area (TPSA) is 55.1 Å². The van der Waals surface area contributed by atoms with Gasteiger partial charge in [0.15, 0.2) is 0 Å². The van der Waals surface area contributed by atoms with Crippen LogP contribution in [0.3, 0.4) is 0 Å². The minimum atomic E-state index is -0.108. The van der Waals surface area contributed by atoms with Crippen LogP contribution in [-0.4, -0.2) is 18.0 Å². The van der Waals surface area contributed by atoms with Gasteiger partial charge in [-0.25, -0.2) is 0 Å². The van der Waals surface area contributed by atoms with Crippen LogP contribution in [0.15, 0.2) is 60.7 Å². The zero-order valence-electron chi connectivity index (χ0n) is 18.8. The summed E-state index contributed by atoms with van der Waals surface area (Å²) < 4.78 is 0. The predicted octanol–water partition coefficient (Wildman–Crippen LogP) is 4.60. The first-order chi connectivity index (χ1) is 15.6. The first-order valence-corrected chi connectivity index (χ1v) is 12.8. The summed E-state index contributed by atoms with van der Waals surface area (Å²) >= 11 is 0. The van der Waals surface area contributed by atoms with Gasteiger partial charge in [0.05, 0.1) is 5.41 Å². The molecule has 0 heterocycles. The van der Waals surface area contributed by atoms with Crippen LogP contribution < -0.4 is 11.1 Å². The molecule has 2 aromatic carbocycles. The molecule has 0 saturated heterocycles. The lowest BCUT2D eigenvalue weighted by molar-refractivity contribution is -0.457. The Labute approximate surface area is 191 Å². The third-order valence-electron chi connectivity index (χ3n) is 10.7. The summed E-state index contributed by atoms with van der Waals surface area (Å²) in [6.07, 6.45) is 8.80. The van der Waals surface area contributed by atoms with Crippen LogP contribution in [0.25, 0.3) is 0 Å². The van der Waals surface area contributed by atoms with Gasteiger partial charge in [-0.05, 0) is 80.2 Å². The number of carbonyl (C=O) groups is 1. The van der Waals surface area contributed by atoms with Gasteiger partial charge in [-0.2, -0.15) is 0 Å². The van der Waals surface area contributed by atoms with E-state index < -0.39 is 0 Å². The highest BCUT2D eigenvalue weighted by Crippen LogP contribution is 2.98. The smallest absolute Gasteiger partial charge is 0.227 e. The van der Waals surface area contributed by atoms with Crippen molar-refractivity contribution in [3.8, 4) is 0 Å². The molecule has 7 rings (SSSR count). The SMILES string of the molecule is NC1CCC(NC(=O)C23CC4C(Cc5ccccc5)C5CC(c6ccccc6)(C2)C453)CC1. The number of amides is 1. The van der Waals surface area contributed by atoms with Gasteiger partial charge in [0.1, 0.15) is 0 Å². The molecular weight excluding hydrogens is 392 g/mol. The van der Waals surface area contributed by atoms with E-state index >= 15 is 0 Å². The van der Waals surface area contributed by atoms with Crippen molar-refractivity contribution in [2.24, 2.45) is 34.3 Å². The third-order valence-corrected chi connectivity index (χ3v) is 10.7. The van der Waals surface area contributed by atoms with Gasteiger partial charge in [-0.1, -0.05) is 60.7 Å². The monoisotopic (exact) mass is 426 g/mol. The lowest BCUT2D eigenvalue weighted by Crippen LogP contribution is -2.96. The van der Waals surface area contributed by atoms with E-state index in [1.165, 1.54) is 24.0 Å². The van der Waals surface area contributed by atoms with Gasteiger partial charge in [0.25, 0.3) is 0 Å². The molecule has 5 aliphatic rings. The summed E-state index contributed by atoms with van der Waals surface area (Å²) in [6.45, 7) is 0. The van der Waals surface area contributed by atoms with Gasteiger partial charge < -0.3 is 11.1 Å². The lowest BCUT2D eigenvalue weighted by atomic mass is 9.05. The van der Waals surface area contributed by atoms with Crippen LogP contribution in [0.2, 0.25) is 0 Å². The van der Waals surface area contributed by atoms with Gasteiger partial charge >= 0.3 is 0 Å². The largest absolute Gasteiger partial charge is 0.353 e. The average Bonchev–Trinajstić information content (AvgIpc) is 2.78. The molecule has 3 nitrogen and oxygen atoms in total. The van der Waals surface area contributed by atoms with Crippen molar-refractivity contribution in [1.29, 1.82) is 0 Å². The Bertz CT molecular complexity index is 1040. The fourth-order valence-electron chi connectivity index (χ4n) is 9.62. The average molecular weight is 427 g/mol. The highest BCUT2D eigenvalue weighted by molar-refractivity contribution is 5.90. The molecule has 166 valence electrons. The van der Waals surface area contributed by atoms with Crippen molar-refractivity contribution >= 4 is 5.91 Å². The summed E-state index contributed by atoms with van der Waals surface area (Å²) in [5.41, 5.74) is 9.43. The van der Waals surface area contributed by atoms with Crippen LogP contribution in [0.4, 0.5) is 0 Å². The summed E-state index contributed by atoms with van der Waals surface area (Å²) in [5.74, 6) is 2.55. The number of rotatable bonds is 5. The molecule has 32 heavy (non-hydrogen) atoms. The number of nitrogens with one attached hydrogen (secondary N) is 1. The standard InChI is InChI=1S/C29H34N2O/c30-21-11-13-22(14-12-21)31-26(32)28-17-25-23(15-19-7-3-1-4-8-19)24-16-27(18-28,29(24,25)28)20-9-5-2-6-10-20/h1-10,21-25H,11-18,30H2,(H,31,32). The van der Waals surface area contributed by atoms with Gasteiger partial charge in [-0.15, -0.1) is 0 Å². The first-order valence-electron chi connectivity index (χ1n) is 12.8. The molecule has 3 heteroatoms. The summed E-state index contributed by atoms with van der Waals surface area (Å²) in [5, 5.41) is 3.52. The van der Waals surface area contributed by atoms with E-state index in [0.717, 1.165) is 44.4 Å². The Kier molecular flexibility index (Phi) is 3.91. The second-order valence-electron chi connectivity index (χ2n) is 11.6. The Hall–Kier alpha value is -2.13. The maximum atomic E-state index is 13.8. The zero-order valence-corrected chi connectivity index (χ0v) is 18.8. The fraction of sp³-hybridized carbons (Fsp3) is 0.552. The van der Waals surface area contributed by atoms with Crippen molar-refractivity contribution in [3.05, 3.63) is 71.8 Å². The molecule has 1 spiro atoms. The summed E-state index contributed by atoms with van der Waals surface area (Å²) in [7, 11) is 0. The Morgan fingerprint density at radius 1 is 0.906 bits per heavy atom. The van der Waals surface area contributed by atoms with Crippen molar-refractivity contribution in [1.82, 2.24) is 5.32 Å². The van der Waals surface area contributed by atoms with Crippen LogP contribution in [0.5, 0.6) is 0 Å². The van der Waals surface area contributed by atoms with Crippen molar-refractivity contribution in [3.63, 3.8) is 0 Å². The van der Waals surface area contributed by atoms with E-state index in [0.29, 0.717) is 29.8 Å². The van der Waals surface area contributed by atoms with E-state index in [4.69, 9.17) is 5.73 Å². The van der Waals surface area contributed by atoms with Crippen molar-refractivity contribution in [2.45, 2.75) is 68.9 Å². The predicted molar refractivity (Wildman–Crippen MR) is 126 cm³/mol. The molecular formula is C29H34N2O. The summed E-state index contributed by atoms with van der Waals surface area (Å²) in [4.78, 5) is 13.8. The molecule has 0 radical (unpaired) electrons. The molecule has 6 atom stereocenters. The molecule has 0 aliphatic heterocycles. The van der Waals surface area contributed by atoms with E-state index in [1.54, 1.807) is 0 Å². The fourth-order valence-corrected chi connectivity index (χ4v) is 9.62. The molecule has 5 saturated carbocycles. The number of hydrogen-bond acceptors (Lipinski definition) is 2. The van der Waals surface area contributed by atoms with E-state index in [2.05, 4.69) is 66.0 Å².